The van der Waals surface area contributed by atoms with E-state index in [4.69, 9.17) is 17.0 Å². The fraction of sp³-hybridized carbons (Fsp3) is 0.333. The van der Waals surface area contributed by atoms with Crippen molar-refractivity contribution in [2.45, 2.75) is 6.92 Å². The van der Waals surface area contributed by atoms with Crippen molar-refractivity contribution in [1.82, 2.24) is 9.88 Å². The van der Waals surface area contributed by atoms with Gasteiger partial charge in [0.1, 0.15) is 11.2 Å². The molecular formula is C12H16N2O2S. The van der Waals surface area contributed by atoms with Crippen LogP contribution in [0.15, 0.2) is 24.9 Å². The van der Waals surface area contributed by atoms with Gasteiger partial charge < -0.3 is 14.6 Å². The molecule has 1 N–H and O–H groups in total. The maximum atomic E-state index is 11.3. The summed E-state index contributed by atoms with van der Waals surface area (Å²) in [5.74, 6) is -0.276. The van der Waals surface area contributed by atoms with Crippen molar-refractivity contribution in [3.05, 3.63) is 35.1 Å². The number of carbonyl (C=O) groups excluding carboxylic acids is 1. The highest BCUT2D eigenvalue weighted by atomic mass is 32.1. The van der Waals surface area contributed by atoms with Crippen LogP contribution in [0.3, 0.4) is 0 Å². The minimum absolute atomic E-state index is 0.163. The lowest BCUT2D eigenvalue weighted by Gasteiger charge is -2.20. The predicted octanol–water partition coefficient (Wildman–Crippen LogP) is 2.21. The standard InChI is InChI=1S/C12H16N2O2S/c1-4-16-11(15)8-14(3)9(2)10-6-5-7-13-12(10)17/h5-7H,2,4,8H2,1,3H3,(H,13,17). The maximum Gasteiger partial charge on any atom is 0.325 e. The lowest BCUT2D eigenvalue weighted by molar-refractivity contribution is -0.143. The maximum absolute atomic E-state index is 11.3. The number of pyridine rings is 1. The number of likely N-dealkylation sites (N-methyl/N-ethyl adjacent to an activating group) is 1. The van der Waals surface area contributed by atoms with E-state index in [1.807, 2.05) is 12.1 Å². The number of H-pyrrole nitrogens is 1. The molecule has 0 aliphatic heterocycles. The first-order chi connectivity index (χ1) is 8.06. The van der Waals surface area contributed by atoms with E-state index in [1.165, 1.54) is 0 Å². The van der Waals surface area contributed by atoms with Crippen molar-refractivity contribution in [2.75, 3.05) is 20.2 Å². The number of esters is 1. The highest BCUT2D eigenvalue weighted by Gasteiger charge is 2.11. The summed E-state index contributed by atoms with van der Waals surface area (Å²) in [7, 11) is 1.78. The molecule has 0 atom stereocenters. The Bertz CT molecular complexity index is 468. The van der Waals surface area contributed by atoms with Crippen LogP contribution in [0.25, 0.3) is 5.70 Å². The van der Waals surface area contributed by atoms with Gasteiger partial charge in [-0.3, -0.25) is 4.79 Å². The Hall–Kier alpha value is -1.62. The number of aromatic nitrogens is 1. The Morgan fingerprint density at radius 1 is 1.65 bits per heavy atom. The molecule has 0 radical (unpaired) electrons. The Labute approximate surface area is 106 Å². The summed E-state index contributed by atoms with van der Waals surface area (Å²) in [6.45, 7) is 6.25. The Morgan fingerprint density at radius 2 is 2.35 bits per heavy atom. The number of aromatic amines is 1. The van der Waals surface area contributed by atoms with Gasteiger partial charge in [0.25, 0.3) is 0 Å². The first-order valence-corrected chi connectivity index (χ1v) is 5.70. The van der Waals surface area contributed by atoms with Crippen LogP contribution in [-0.2, 0) is 9.53 Å². The summed E-state index contributed by atoms with van der Waals surface area (Å²) in [6.07, 6.45) is 1.75. The predicted molar refractivity (Wildman–Crippen MR) is 69.9 cm³/mol. The summed E-state index contributed by atoms with van der Waals surface area (Å²) in [5.41, 5.74) is 1.51. The van der Waals surface area contributed by atoms with Crippen LogP contribution in [0.4, 0.5) is 0 Å². The molecule has 0 unspecified atom stereocenters. The minimum atomic E-state index is -0.276. The molecule has 5 heteroatoms. The van der Waals surface area contributed by atoms with E-state index in [9.17, 15) is 4.79 Å². The topological polar surface area (TPSA) is 45.3 Å². The number of rotatable bonds is 5. The van der Waals surface area contributed by atoms with E-state index in [0.717, 1.165) is 5.56 Å². The molecule has 1 rings (SSSR count). The Kier molecular flexibility index (Phi) is 4.90. The van der Waals surface area contributed by atoms with Crippen LogP contribution in [0, 0.1) is 4.64 Å². The quantitative estimate of drug-likeness (QED) is 0.644. The van der Waals surface area contributed by atoms with Crippen LogP contribution < -0.4 is 0 Å². The van der Waals surface area contributed by atoms with E-state index in [-0.39, 0.29) is 12.5 Å². The largest absolute Gasteiger partial charge is 0.465 e. The van der Waals surface area contributed by atoms with Gasteiger partial charge in [0.2, 0.25) is 0 Å². The highest BCUT2D eigenvalue weighted by Crippen LogP contribution is 2.15. The Morgan fingerprint density at radius 3 is 2.94 bits per heavy atom. The van der Waals surface area contributed by atoms with Gasteiger partial charge in [-0.25, -0.2) is 0 Å². The summed E-state index contributed by atoms with van der Waals surface area (Å²) in [4.78, 5) is 16.0. The van der Waals surface area contributed by atoms with Crippen LogP contribution in [0.5, 0.6) is 0 Å². The monoisotopic (exact) mass is 252 g/mol. The molecule has 0 amide bonds. The van der Waals surface area contributed by atoms with Crippen LogP contribution in [-0.4, -0.2) is 36.1 Å². The molecule has 1 aromatic rings. The second-order valence-corrected chi connectivity index (χ2v) is 3.93. The normalized spacial score (nSPS) is 9.76. The second kappa shape index (κ2) is 6.20. The smallest absolute Gasteiger partial charge is 0.325 e. The molecular weight excluding hydrogens is 236 g/mol. The molecule has 0 spiro atoms. The van der Waals surface area contributed by atoms with Crippen LogP contribution in [0.1, 0.15) is 12.5 Å². The molecule has 1 aromatic heterocycles. The van der Waals surface area contributed by atoms with Gasteiger partial charge in [-0.15, -0.1) is 0 Å². The zero-order valence-electron chi connectivity index (χ0n) is 10.0. The number of hydrogen-bond acceptors (Lipinski definition) is 4. The molecule has 0 saturated carbocycles. The Balaban J connectivity index is 2.74. The van der Waals surface area contributed by atoms with Crippen molar-refractivity contribution in [2.24, 2.45) is 0 Å². The second-order valence-electron chi connectivity index (χ2n) is 3.52. The summed E-state index contributed by atoms with van der Waals surface area (Å²) >= 11 is 5.15. The number of nitrogens with one attached hydrogen (secondary N) is 1. The number of hydrogen-bond donors (Lipinski definition) is 1. The number of carbonyl (C=O) groups is 1. The molecule has 1 heterocycles. The van der Waals surface area contributed by atoms with E-state index in [0.29, 0.717) is 16.9 Å². The van der Waals surface area contributed by atoms with Gasteiger partial charge in [0, 0.05) is 24.5 Å². The van der Waals surface area contributed by atoms with Gasteiger partial charge >= 0.3 is 5.97 Å². The first kappa shape index (κ1) is 13.4. The molecule has 0 saturated heterocycles. The van der Waals surface area contributed by atoms with E-state index < -0.39 is 0 Å². The molecule has 92 valence electrons. The third-order valence-electron chi connectivity index (χ3n) is 2.26. The lowest BCUT2D eigenvalue weighted by atomic mass is 10.2. The van der Waals surface area contributed by atoms with Crippen LogP contribution in [0.2, 0.25) is 0 Å². The molecule has 0 aromatic carbocycles. The van der Waals surface area contributed by atoms with Gasteiger partial charge in [0.05, 0.1) is 6.61 Å². The zero-order chi connectivity index (χ0) is 12.8. The fourth-order valence-corrected chi connectivity index (χ4v) is 1.60. The highest BCUT2D eigenvalue weighted by molar-refractivity contribution is 7.71. The third-order valence-corrected chi connectivity index (χ3v) is 2.60. The third kappa shape index (κ3) is 3.71. The average Bonchev–Trinajstić information content (AvgIpc) is 2.29. The van der Waals surface area contributed by atoms with Gasteiger partial charge in [-0.05, 0) is 19.1 Å². The minimum Gasteiger partial charge on any atom is -0.465 e. The first-order valence-electron chi connectivity index (χ1n) is 5.30. The van der Waals surface area contributed by atoms with Gasteiger partial charge in [-0.1, -0.05) is 18.8 Å². The van der Waals surface area contributed by atoms with Crippen molar-refractivity contribution in [3.63, 3.8) is 0 Å². The van der Waals surface area contributed by atoms with Crippen molar-refractivity contribution in [3.8, 4) is 0 Å². The lowest BCUT2D eigenvalue weighted by Crippen LogP contribution is -2.26. The van der Waals surface area contributed by atoms with E-state index in [1.54, 1.807) is 25.1 Å². The molecule has 0 fully saturated rings. The summed E-state index contributed by atoms with van der Waals surface area (Å²) in [6, 6.07) is 3.71. The zero-order valence-corrected chi connectivity index (χ0v) is 10.8. The van der Waals surface area contributed by atoms with Gasteiger partial charge in [0.15, 0.2) is 0 Å². The average molecular weight is 252 g/mol. The van der Waals surface area contributed by atoms with Crippen molar-refractivity contribution in [1.29, 1.82) is 0 Å². The molecule has 17 heavy (non-hydrogen) atoms. The van der Waals surface area contributed by atoms with E-state index in [2.05, 4.69) is 11.6 Å². The van der Waals surface area contributed by atoms with Crippen molar-refractivity contribution >= 4 is 23.9 Å². The van der Waals surface area contributed by atoms with Gasteiger partial charge in [-0.2, -0.15) is 0 Å². The fourth-order valence-electron chi connectivity index (χ4n) is 1.35. The van der Waals surface area contributed by atoms with Crippen molar-refractivity contribution < 1.29 is 9.53 Å². The van der Waals surface area contributed by atoms with Crippen LogP contribution >= 0.6 is 12.2 Å². The summed E-state index contributed by atoms with van der Waals surface area (Å²) in [5, 5.41) is 0. The molecule has 4 nitrogen and oxygen atoms in total. The molecule has 0 aliphatic rings. The number of ether oxygens (including phenoxy) is 1. The number of nitrogens with zero attached hydrogens (tertiary/aromatic N) is 1. The van der Waals surface area contributed by atoms with E-state index >= 15 is 0 Å². The molecule has 0 aliphatic carbocycles. The summed E-state index contributed by atoms with van der Waals surface area (Å²) < 4.78 is 5.48. The molecule has 0 bridgehead atoms. The SMILES string of the molecule is C=C(c1ccc[nH]c1=S)N(C)CC(=O)OCC.